The van der Waals surface area contributed by atoms with Crippen molar-refractivity contribution >= 4 is 40.5 Å². The predicted octanol–water partition coefficient (Wildman–Crippen LogP) is 4.49. The van der Waals surface area contributed by atoms with Crippen molar-refractivity contribution < 1.29 is 9.18 Å². The molecule has 2 rings (SSSR count). The van der Waals surface area contributed by atoms with Gasteiger partial charge in [-0.1, -0.05) is 29.3 Å². The average molecular weight is 327 g/mol. The molecule has 0 atom stereocenters. The van der Waals surface area contributed by atoms with E-state index < -0.39 is 5.82 Å². The summed E-state index contributed by atoms with van der Waals surface area (Å²) in [6.07, 6.45) is 0. The zero-order chi connectivity index (χ0) is 15.4. The number of amides is 1. The average Bonchev–Trinajstić information content (AvgIpc) is 2.42. The van der Waals surface area contributed by atoms with E-state index in [4.69, 9.17) is 23.2 Å². The van der Waals surface area contributed by atoms with E-state index >= 15 is 0 Å². The lowest BCUT2D eigenvalue weighted by atomic mass is 10.2. The second kappa shape index (κ2) is 6.78. The number of carbonyl (C=O) groups excluding carboxylic acids is 1. The Balaban J connectivity index is 1.94. The van der Waals surface area contributed by atoms with Crippen molar-refractivity contribution in [1.82, 2.24) is 0 Å². The SMILES string of the molecule is Cc1ccc(NCC(=O)Nc2ccc(Cl)c(Cl)c2)c(F)c1. The molecule has 0 spiro atoms. The Morgan fingerprint density at radius 1 is 1.14 bits per heavy atom. The zero-order valence-corrected chi connectivity index (χ0v) is 12.7. The molecule has 0 fully saturated rings. The second-order valence-electron chi connectivity index (χ2n) is 4.51. The van der Waals surface area contributed by atoms with Crippen LogP contribution in [0.2, 0.25) is 10.0 Å². The molecular weight excluding hydrogens is 314 g/mol. The zero-order valence-electron chi connectivity index (χ0n) is 11.2. The van der Waals surface area contributed by atoms with Crippen molar-refractivity contribution in [2.45, 2.75) is 6.92 Å². The highest BCUT2D eigenvalue weighted by Gasteiger charge is 2.07. The molecule has 0 aliphatic heterocycles. The highest BCUT2D eigenvalue weighted by Crippen LogP contribution is 2.25. The number of rotatable bonds is 4. The molecule has 2 aromatic carbocycles. The first kappa shape index (κ1) is 15.6. The van der Waals surface area contributed by atoms with Crippen LogP contribution in [0.3, 0.4) is 0 Å². The van der Waals surface area contributed by atoms with Gasteiger partial charge in [0.05, 0.1) is 22.3 Å². The summed E-state index contributed by atoms with van der Waals surface area (Å²) in [5.41, 5.74) is 1.63. The van der Waals surface area contributed by atoms with Crippen molar-refractivity contribution in [1.29, 1.82) is 0 Å². The van der Waals surface area contributed by atoms with Crippen LogP contribution in [-0.4, -0.2) is 12.5 Å². The van der Waals surface area contributed by atoms with Gasteiger partial charge < -0.3 is 10.6 Å². The Kier molecular flexibility index (Phi) is 5.04. The van der Waals surface area contributed by atoms with E-state index in [-0.39, 0.29) is 18.1 Å². The Bertz CT molecular complexity index is 677. The fraction of sp³-hybridized carbons (Fsp3) is 0.133. The van der Waals surface area contributed by atoms with Gasteiger partial charge in [-0.05, 0) is 42.8 Å². The topological polar surface area (TPSA) is 41.1 Å². The van der Waals surface area contributed by atoms with Crippen molar-refractivity contribution in [3.8, 4) is 0 Å². The van der Waals surface area contributed by atoms with Crippen molar-refractivity contribution in [3.63, 3.8) is 0 Å². The number of carbonyl (C=O) groups is 1. The Morgan fingerprint density at radius 2 is 1.90 bits per heavy atom. The number of nitrogens with one attached hydrogen (secondary N) is 2. The minimum atomic E-state index is -0.391. The van der Waals surface area contributed by atoms with E-state index in [0.29, 0.717) is 15.7 Å². The monoisotopic (exact) mass is 326 g/mol. The highest BCUT2D eigenvalue weighted by molar-refractivity contribution is 6.42. The summed E-state index contributed by atoms with van der Waals surface area (Å²) in [6.45, 7) is 1.74. The maximum atomic E-state index is 13.6. The smallest absolute Gasteiger partial charge is 0.243 e. The third kappa shape index (κ3) is 4.34. The van der Waals surface area contributed by atoms with Gasteiger partial charge >= 0.3 is 0 Å². The molecule has 2 N–H and O–H groups in total. The van der Waals surface area contributed by atoms with Crippen LogP contribution in [-0.2, 0) is 4.79 Å². The summed E-state index contributed by atoms with van der Waals surface area (Å²) >= 11 is 11.6. The molecule has 1 amide bonds. The number of benzene rings is 2. The number of anilines is 2. The Labute approximate surface area is 132 Å². The first-order valence-corrected chi connectivity index (χ1v) is 6.96. The Hall–Kier alpha value is -1.78. The van der Waals surface area contributed by atoms with Crippen LogP contribution < -0.4 is 10.6 Å². The number of hydrogen-bond acceptors (Lipinski definition) is 2. The molecule has 21 heavy (non-hydrogen) atoms. The standard InChI is InChI=1S/C15H13Cl2FN2O/c1-9-2-5-14(13(18)6-9)19-8-15(21)20-10-3-4-11(16)12(17)7-10/h2-7,19H,8H2,1H3,(H,20,21). The number of aryl methyl sites for hydroxylation is 1. The van der Waals surface area contributed by atoms with Gasteiger partial charge in [-0.25, -0.2) is 4.39 Å². The van der Waals surface area contributed by atoms with Gasteiger partial charge in [0.2, 0.25) is 5.91 Å². The van der Waals surface area contributed by atoms with Gasteiger partial charge in [0.15, 0.2) is 0 Å². The maximum Gasteiger partial charge on any atom is 0.243 e. The van der Waals surface area contributed by atoms with Crippen LogP contribution >= 0.6 is 23.2 Å². The molecule has 6 heteroatoms. The normalized spacial score (nSPS) is 10.3. The summed E-state index contributed by atoms with van der Waals surface area (Å²) in [4.78, 5) is 11.8. The maximum absolute atomic E-state index is 13.6. The minimum absolute atomic E-state index is 0.0553. The van der Waals surface area contributed by atoms with E-state index in [9.17, 15) is 9.18 Å². The lowest BCUT2D eigenvalue weighted by Crippen LogP contribution is -2.22. The third-order valence-corrected chi connectivity index (χ3v) is 3.51. The van der Waals surface area contributed by atoms with Gasteiger partial charge in [-0.3, -0.25) is 4.79 Å². The van der Waals surface area contributed by atoms with Gasteiger partial charge in [0.25, 0.3) is 0 Å². The fourth-order valence-electron chi connectivity index (χ4n) is 1.72. The van der Waals surface area contributed by atoms with Crippen LogP contribution in [0.1, 0.15) is 5.56 Å². The molecule has 0 bridgehead atoms. The van der Waals surface area contributed by atoms with E-state index in [1.54, 1.807) is 37.3 Å². The van der Waals surface area contributed by atoms with Gasteiger partial charge in [-0.15, -0.1) is 0 Å². The molecular formula is C15H13Cl2FN2O. The highest BCUT2D eigenvalue weighted by atomic mass is 35.5. The van der Waals surface area contributed by atoms with Gasteiger partial charge in [0.1, 0.15) is 5.82 Å². The molecule has 3 nitrogen and oxygen atoms in total. The van der Waals surface area contributed by atoms with Gasteiger partial charge in [-0.2, -0.15) is 0 Å². The molecule has 0 aliphatic carbocycles. The molecule has 0 radical (unpaired) electrons. The van der Waals surface area contributed by atoms with Crippen molar-refractivity contribution in [2.75, 3.05) is 17.2 Å². The molecule has 0 aromatic heterocycles. The molecule has 0 aliphatic rings. The predicted molar refractivity (Wildman–Crippen MR) is 84.7 cm³/mol. The van der Waals surface area contributed by atoms with Gasteiger partial charge in [0, 0.05) is 5.69 Å². The van der Waals surface area contributed by atoms with E-state index in [2.05, 4.69) is 10.6 Å². The van der Waals surface area contributed by atoms with Crippen LogP contribution in [0.25, 0.3) is 0 Å². The largest absolute Gasteiger partial charge is 0.374 e. The summed E-state index contributed by atoms with van der Waals surface area (Å²) in [7, 11) is 0. The van der Waals surface area contributed by atoms with Crippen molar-refractivity contribution in [2.24, 2.45) is 0 Å². The molecule has 0 heterocycles. The summed E-state index contributed by atoms with van der Waals surface area (Å²) in [6, 6.07) is 9.54. The van der Waals surface area contributed by atoms with E-state index in [0.717, 1.165) is 5.56 Å². The van der Waals surface area contributed by atoms with E-state index in [1.807, 2.05) is 0 Å². The summed E-state index contributed by atoms with van der Waals surface area (Å²) in [5.74, 6) is -0.703. The summed E-state index contributed by atoms with van der Waals surface area (Å²) < 4.78 is 13.6. The molecule has 0 unspecified atom stereocenters. The number of halogens is 3. The fourth-order valence-corrected chi connectivity index (χ4v) is 2.02. The van der Waals surface area contributed by atoms with Crippen LogP contribution in [0.5, 0.6) is 0 Å². The van der Waals surface area contributed by atoms with Crippen LogP contribution in [0, 0.1) is 12.7 Å². The van der Waals surface area contributed by atoms with Crippen LogP contribution in [0.15, 0.2) is 36.4 Å². The molecule has 0 saturated heterocycles. The first-order valence-electron chi connectivity index (χ1n) is 6.20. The second-order valence-corrected chi connectivity index (χ2v) is 5.33. The Morgan fingerprint density at radius 3 is 2.57 bits per heavy atom. The van der Waals surface area contributed by atoms with Crippen LogP contribution in [0.4, 0.5) is 15.8 Å². The lowest BCUT2D eigenvalue weighted by Gasteiger charge is -2.09. The van der Waals surface area contributed by atoms with Crippen molar-refractivity contribution in [3.05, 3.63) is 57.8 Å². The number of hydrogen-bond donors (Lipinski definition) is 2. The molecule has 0 saturated carbocycles. The lowest BCUT2D eigenvalue weighted by molar-refractivity contribution is -0.114. The van der Waals surface area contributed by atoms with E-state index in [1.165, 1.54) is 6.07 Å². The molecule has 110 valence electrons. The minimum Gasteiger partial charge on any atom is -0.374 e. The quantitative estimate of drug-likeness (QED) is 0.869. The third-order valence-electron chi connectivity index (χ3n) is 2.77. The first-order chi connectivity index (χ1) is 9.95. The molecule has 2 aromatic rings. The summed E-state index contributed by atoms with van der Waals surface area (Å²) in [5, 5.41) is 6.15.